The Bertz CT molecular complexity index is 524. The SMILES string of the molecule is CN(c1nccs1)c1ccccc1C(N)=NO. The first kappa shape index (κ1) is 11.4. The van der Waals surface area contributed by atoms with E-state index in [0.717, 1.165) is 10.8 Å². The van der Waals surface area contributed by atoms with Crippen molar-refractivity contribution in [2.75, 3.05) is 11.9 Å². The number of aromatic nitrogens is 1. The van der Waals surface area contributed by atoms with Crippen LogP contribution in [0.5, 0.6) is 0 Å². The summed E-state index contributed by atoms with van der Waals surface area (Å²) in [7, 11) is 1.89. The van der Waals surface area contributed by atoms with Gasteiger partial charge in [-0.1, -0.05) is 17.3 Å². The number of amidine groups is 1. The van der Waals surface area contributed by atoms with Crippen LogP contribution in [0.1, 0.15) is 5.56 Å². The third-order valence-electron chi connectivity index (χ3n) is 2.36. The molecule has 2 rings (SSSR count). The standard InChI is InChI=1S/C11H12N4OS/c1-15(11-13-6-7-17-11)9-5-3-2-4-8(9)10(12)14-16/h2-7,16H,1H3,(H2,12,14). The molecule has 0 unspecified atom stereocenters. The molecule has 88 valence electrons. The predicted molar refractivity (Wildman–Crippen MR) is 69.1 cm³/mol. The first-order valence-corrected chi connectivity index (χ1v) is 5.82. The van der Waals surface area contributed by atoms with Gasteiger partial charge < -0.3 is 15.8 Å². The van der Waals surface area contributed by atoms with Gasteiger partial charge in [0.2, 0.25) is 0 Å². The van der Waals surface area contributed by atoms with Crippen molar-refractivity contribution in [3.63, 3.8) is 0 Å². The van der Waals surface area contributed by atoms with Crippen LogP contribution in [0, 0.1) is 0 Å². The van der Waals surface area contributed by atoms with E-state index in [9.17, 15) is 0 Å². The first-order valence-electron chi connectivity index (χ1n) is 4.94. The smallest absolute Gasteiger partial charge is 0.189 e. The Morgan fingerprint density at radius 2 is 2.24 bits per heavy atom. The summed E-state index contributed by atoms with van der Waals surface area (Å²) in [5, 5.41) is 14.5. The number of benzene rings is 1. The number of oxime groups is 1. The normalized spacial score (nSPS) is 11.5. The van der Waals surface area contributed by atoms with Crippen molar-refractivity contribution in [3.05, 3.63) is 41.4 Å². The molecule has 0 saturated carbocycles. The summed E-state index contributed by atoms with van der Waals surface area (Å²) in [6.45, 7) is 0. The van der Waals surface area contributed by atoms with E-state index >= 15 is 0 Å². The molecule has 0 bridgehead atoms. The minimum atomic E-state index is 0.0870. The minimum Gasteiger partial charge on any atom is -0.409 e. The van der Waals surface area contributed by atoms with Crippen molar-refractivity contribution >= 4 is 28.0 Å². The molecule has 3 N–H and O–H groups in total. The van der Waals surface area contributed by atoms with Crippen molar-refractivity contribution in [1.29, 1.82) is 0 Å². The van der Waals surface area contributed by atoms with Crippen LogP contribution in [-0.2, 0) is 0 Å². The maximum atomic E-state index is 8.76. The fourth-order valence-corrected chi connectivity index (χ4v) is 2.14. The van der Waals surface area contributed by atoms with Crippen molar-refractivity contribution in [2.45, 2.75) is 0 Å². The summed E-state index contributed by atoms with van der Waals surface area (Å²) in [4.78, 5) is 6.12. The summed E-state index contributed by atoms with van der Waals surface area (Å²) in [6, 6.07) is 7.43. The van der Waals surface area contributed by atoms with Gasteiger partial charge in [0.05, 0.1) is 5.69 Å². The van der Waals surface area contributed by atoms with Crippen molar-refractivity contribution < 1.29 is 5.21 Å². The Morgan fingerprint density at radius 3 is 2.88 bits per heavy atom. The molecule has 17 heavy (non-hydrogen) atoms. The Morgan fingerprint density at radius 1 is 1.47 bits per heavy atom. The van der Waals surface area contributed by atoms with Crippen LogP contribution in [0.2, 0.25) is 0 Å². The Hall–Kier alpha value is -2.08. The van der Waals surface area contributed by atoms with E-state index in [2.05, 4.69) is 10.1 Å². The average molecular weight is 248 g/mol. The highest BCUT2D eigenvalue weighted by Crippen LogP contribution is 2.28. The number of hydrogen-bond acceptors (Lipinski definition) is 5. The van der Waals surface area contributed by atoms with E-state index in [1.165, 1.54) is 11.3 Å². The third-order valence-corrected chi connectivity index (χ3v) is 3.20. The lowest BCUT2D eigenvalue weighted by Gasteiger charge is -2.18. The second-order valence-corrected chi connectivity index (χ2v) is 4.25. The number of thiazole rings is 1. The monoisotopic (exact) mass is 248 g/mol. The molecule has 5 nitrogen and oxygen atoms in total. The molecule has 0 aliphatic carbocycles. The molecule has 0 spiro atoms. The number of para-hydroxylation sites is 1. The van der Waals surface area contributed by atoms with Gasteiger partial charge in [0, 0.05) is 24.2 Å². The van der Waals surface area contributed by atoms with Gasteiger partial charge in [-0.15, -0.1) is 11.3 Å². The maximum Gasteiger partial charge on any atom is 0.189 e. The lowest BCUT2D eigenvalue weighted by molar-refractivity contribution is 0.318. The van der Waals surface area contributed by atoms with Gasteiger partial charge in [-0.25, -0.2) is 4.98 Å². The van der Waals surface area contributed by atoms with E-state index in [1.54, 1.807) is 12.3 Å². The number of hydrogen-bond donors (Lipinski definition) is 2. The summed E-state index contributed by atoms with van der Waals surface area (Å²) < 4.78 is 0. The van der Waals surface area contributed by atoms with E-state index in [4.69, 9.17) is 10.9 Å². The van der Waals surface area contributed by atoms with Crippen LogP contribution in [-0.4, -0.2) is 23.1 Å². The summed E-state index contributed by atoms with van der Waals surface area (Å²) in [6.07, 6.45) is 1.74. The van der Waals surface area contributed by atoms with Crippen LogP contribution >= 0.6 is 11.3 Å². The second-order valence-electron chi connectivity index (χ2n) is 3.38. The largest absolute Gasteiger partial charge is 0.409 e. The zero-order chi connectivity index (χ0) is 12.3. The number of nitrogens with two attached hydrogens (primary N) is 1. The highest BCUT2D eigenvalue weighted by Gasteiger charge is 2.13. The molecule has 1 aromatic carbocycles. The van der Waals surface area contributed by atoms with Crippen molar-refractivity contribution in [1.82, 2.24) is 4.98 Å². The zero-order valence-corrected chi connectivity index (χ0v) is 10.1. The Labute approximate surface area is 103 Å². The molecule has 0 aliphatic rings. The van der Waals surface area contributed by atoms with E-state index in [0.29, 0.717) is 5.56 Å². The molecule has 0 radical (unpaired) electrons. The fourth-order valence-electron chi connectivity index (χ4n) is 1.52. The van der Waals surface area contributed by atoms with Gasteiger partial charge in [0.15, 0.2) is 11.0 Å². The molecular formula is C11H12N4OS. The topological polar surface area (TPSA) is 74.7 Å². The highest BCUT2D eigenvalue weighted by molar-refractivity contribution is 7.13. The maximum absolute atomic E-state index is 8.76. The molecule has 6 heteroatoms. The van der Waals surface area contributed by atoms with Crippen molar-refractivity contribution in [2.24, 2.45) is 10.9 Å². The van der Waals surface area contributed by atoms with Crippen LogP contribution in [0.25, 0.3) is 0 Å². The third kappa shape index (κ3) is 2.21. The molecule has 0 fully saturated rings. The van der Waals surface area contributed by atoms with Crippen LogP contribution < -0.4 is 10.6 Å². The molecule has 0 saturated heterocycles. The Balaban J connectivity index is 2.45. The van der Waals surface area contributed by atoms with Crippen molar-refractivity contribution in [3.8, 4) is 0 Å². The van der Waals surface area contributed by atoms with E-state index in [1.807, 2.05) is 35.5 Å². The van der Waals surface area contributed by atoms with E-state index < -0.39 is 0 Å². The van der Waals surface area contributed by atoms with E-state index in [-0.39, 0.29) is 5.84 Å². The first-order chi connectivity index (χ1) is 8.24. The van der Waals surface area contributed by atoms with Gasteiger partial charge in [0.25, 0.3) is 0 Å². The van der Waals surface area contributed by atoms with Gasteiger partial charge in [-0.05, 0) is 12.1 Å². The Kier molecular flexibility index (Phi) is 3.24. The van der Waals surface area contributed by atoms with Crippen LogP contribution in [0.4, 0.5) is 10.8 Å². The number of nitrogens with zero attached hydrogens (tertiary/aromatic N) is 3. The second kappa shape index (κ2) is 4.84. The average Bonchev–Trinajstić information content (AvgIpc) is 2.91. The van der Waals surface area contributed by atoms with Gasteiger partial charge in [-0.3, -0.25) is 0 Å². The summed E-state index contributed by atoms with van der Waals surface area (Å²) in [5.74, 6) is 0.0870. The quantitative estimate of drug-likeness (QED) is 0.377. The molecule has 0 amide bonds. The predicted octanol–water partition coefficient (Wildman–Crippen LogP) is 2.01. The summed E-state index contributed by atoms with van der Waals surface area (Å²) >= 11 is 1.53. The van der Waals surface area contributed by atoms with Crippen LogP contribution in [0.15, 0.2) is 41.0 Å². The lowest BCUT2D eigenvalue weighted by atomic mass is 10.1. The lowest BCUT2D eigenvalue weighted by Crippen LogP contribution is -2.19. The molecule has 2 aromatic rings. The molecule has 1 heterocycles. The molecule has 0 atom stereocenters. The summed E-state index contributed by atoms with van der Waals surface area (Å²) in [5.41, 5.74) is 7.16. The minimum absolute atomic E-state index is 0.0870. The molecule has 0 aliphatic heterocycles. The van der Waals surface area contributed by atoms with Gasteiger partial charge in [-0.2, -0.15) is 0 Å². The molecule has 1 aromatic heterocycles. The van der Waals surface area contributed by atoms with Crippen LogP contribution in [0.3, 0.4) is 0 Å². The van der Waals surface area contributed by atoms with Gasteiger partial charge in [0.1, 0.15) is 0 Å². The highest BCUT2D eigenvalue weighted by atomic mass is 32.1. The number of rotatable bonds is 3. The fraction of sp³-hybridized carbons (Fsp3) is 0.0909. The van der Waals surface area contributed by atoms with Gasteiger partial charge >= 0.3 is 0 Å². The zero-order valence-electron chi connectivity index (χ0n) is 9.24. The molecular weight excluding hydrogens is 236 g/mol. The number of anilines is 2.